The Hall–Kier alpha value is -3.05. The monoisotopic (exact) mass is 506 g/mol. The fraction of sp³-hybridized carbons (Fsp3) is 0.381. The Kier molecular flexibility index (Phi) is 17.0. The second-order valence-electron chi connectivity index (χ2n) is 6.65. The minimum atomic E-state index is -0.691. The van der Waals surface area contributed by atoms with Gasteiger partial charge in [-0.05, 0) is 19.9 Å². The molecule has 0 aliphatic carbocycles. The zero-order chi connectivity index (χ0) is 24.7. The van der Waals surface area contributed by atoms with E-state index in [9.17, 15) is 24.4 Å². The summed E-state index contributed by atoms with van der Waals surface area (Å²) < 4.78 is 0.297. The molecule has 0 spiro atoms. The number of amides is 2. The van der Waals surface area contributed by atoms with Gasteiger partial charge in [-0.25, -0.2) is 0 Å². The van der Waals surface area contributed by atoms with E-state index in [0.29, 0.717) is 24.4 Å². The first kappa shape index (κ1) is 32.1. The van der Waals surface area contributed by atoms with E-state index < -0.39 is 23.2 Å². The molecular weight excluding hydrogens is 474 g/mol. The first-order chi connectivity index (χ1) is 15.1. The summed E-state index contributed by atoms with van der Waals surface area (Å²) >= 11 is 0. The number of hydrogen-bond donors (Lipinski definition) is 5. The molecule has 2 amide bonds. The predicted molar refractivity (Wildman–Crippen MR) is 120 cm³/mol. The molecule has 0 aliphatic heterocycles. The van der Waals surface area contributed by atoms with Crippen LogP contribution in [-0.4, -0.2) is 76.9 Å². The van der Waals surface area contributed by atoms with Gasteiger partial charge < -0.3 is 31.5 Å². The molecule has 1 heterocycles. The maximum atomic E-state index is 12.1. The standard InChI is InChI=1S/C20H28N5O5.CH4O.Fe/c1-14(2)24(12-10-22-19(28)16(21)7-4-6-15(3)26)13-11-23-20(29)17-8-5-9-18(27)25(17)30;1-2;/h4-9,14,30H,3,10-13,21H2,1-2H3,(H,22,28)(H,23,29);2H,1H3;/q-1;;/b6-4-,16-7-;;. The van der Waals surface area contributed by atoms with Crippen LogP contribution in [0.1, 0.15) is 24.3 Å². The van der Waals surface area contributed by atoms with Gasteiger partial charge >= 0.3 is 0 Å². The molecule has 0 aromatic carbocycles. The van der Waals surface area contributed by atoms with Gasteiger partial charge in [-0.2, -0.15) is 13.0 Å². The second-order valence-corrected chi connectivity index (χ2v) is 6.65. The van der Waals surface area contributed by atoms with E-state index in [1.54, 1.807) is 0 Å². The van der Waals surface area contributed by atoms with Gasteiger partial charge in [-0.3, -0.25) is 19.3 Å². The van der Waals surface area contributed by atoms with Gasteiger partial charge in [0.25, 0.3) is 17.4 Å². The van der Waals surface area contributed by atoms with Crippen LogP contribution in [-0.2, 0) is 26.7 Å². The summed E-state index contributed by atoms with van der Waals surface area (Å²) in [5.41, 5.74) is 4.76. The third-order valence-electron chi connectivity index (χ3n) is 4.08. The summed E-state index contributed by atoms with van der Waals surface area (Å²) in [4.78, 5) is 48.2. The number of aromatic nitrogens is 1. The van der Waals surface area contributed by atoms with E-state index in [0.717, 1.165) is 13.2 Å². The van der Waals surface area contributed by atoms with E-state index >= 15 is 0 Å². The zero-order valence-corrected chi connectivity index (χ0v) is 20.0. The van der Waals surface area contributed by atoms with Gasteiger partial charge in [0.05, 0.1) is 5.70 Å². The van der Waals surface area contributed by atoms with E-state index in [1.165, 1.54) is 30.4 Å². The first-order valence-electron chi connectivity index (χ1n) is 9.79. The van der Waals surface area contributed by atoms with Crippen LogP contribution < -0.4 is 21.9 Å². The Balaban J connectivity index is 0. The zero-order valence-electron chi connectivity index (χ0n) is 18.9. The topological polar surface area (TPSA) is 167 Å². The fourth-order valence-corrected chi connectivity index (χ4v) is 2.44. The molecule has 1 rings (SSSR count). The van der Waals surface area contributed by atoms with Crippen molar-refractivity contribution in [3.8, 4) is 0 Å². The van der Waals surface area contributed by atoms with E-state index in [4.69, 9.17) is 10.8 Å². The number of ketones is 1. The Bertz CT molecular complexity index is 882. The average Bonchev–Trinajstić information content (AvgIpc) is 2.75. The SMILES string of the molecule is CO.[CH2-]C(=O)/C=C\C=C(/N)C(=O)NCCN(CCNC(=O)c1cccc(=O)n1O)C(C)C.[Fe]. The number of rotatable bonds is 11. The van der Waals surface area contributed by atoms with Crippen LogP contribution in [0.5, 0.6) is 0 Å². The quantitative estimate of drug-likeness (QED) is 0.0842. The summed E-state index contributed by atoms with van der Waals surface area (Å²) in [6.07, 6.45) is 3.87. The Morgan fingerprint density at radius 3 is 2.30 bits per heavy atom. The van der Waals surface area contributed by atoms with Crippen molar-refractivity contribution in [1.29, 1.82) is 0 Å². The number of aliphatic hydroxyl groups excluding tert-OH is 1. The molecule has 12 heteroatoms. The summed E-state index contributed by atoms with van der Waals surface area (Å²) in [6, 6.07) is 4.02. The predicted octanol–water partition coefficient (Wildman–Crippen LogP) is -0.950. The van der Waals surface area contributed by atoms with Gasteiger partial charge in [0.1, 0.15) is 5.69 Å². The van der Waals surface area contributed by atoms with Crippen molar-refractivity contribution in [2.75, 3.05) is 33.3 Å². The Labute approximate surface area is 203 Å². The molecule has 0 fully saturated rings. The van der Waals surface area contributed by atoms with Crippen LogP contribution in [0.2, 0.25) is 0 Å². The molecule has 11 nitrogen and oxygen atoms in total. The second kappa shape index (κ2) is 17.5. The van der Waals surface area contributed by atoms with Crippen LogP contribution in [0.3, 0.4) is 0 Å². The first-order valence-corrected chi connectivity index (χ1v) is 9.79. The molecule has 0 bridgehead atoms. The van der Waals surface area contributed by atoms with Crippen molar-refractivity contribution in [1.82, 2.24) is 20.3 Å². The van der Waals surface area contributed by atoms with E-state index in [-0.39, 0.29) is 41.0 Å². The molecule has 186 valence electrons. The number of pyridine rings is 1. The third kappa shape index (κ3) is 12.5. The molecule has 0 atom stereocenters. The number of carbonyl (C=O) groups is 3. The summed E-state index contributed by atoms with van der Waals surface area (Å²) in [5, 5.41) is 21.9. The van der Waals surface area contributed by atoms with Gasteiger partial charge in [-0.1, -0.05) is 12.1 Å². The van der Waals surface area contributed by atoms with Crippen molar-refractivity contribution >= 4 is 17.6 Å². The summed E-state index contributed by atoms with van der Waals surface area (Å²) in [7, 11) is 1.00. The summed E-state index contributed by atoms with van der Waals surface area (Å²) in [5.74, 6) is -1.43. The van der Waals surface area contributed by atoms with Crippen molar-refractivity contribution < 1.29 is 41.8 Å². The van der Waals surface area contributed by atoms with Crippen molar-refractivity contribution in [3.63, 3.8) is 0 Å². The van der Waals surface area contributed by atoms with Crippen molar-refractivity contribution in [2.45, 2.75) is 19.9 Å². The van der Waals surface area contributed by atoms with E-state index in [2.05, 4.69) is 17.6 Å². The molecule has 6 N–H and O–H groups in total. The maximum Gasteiger partial charge on any atom is 0.283 e. The van der Waals surface area contributed by atoms with Gasteiger partial charge in [-0.15, -0.1) is 10.8 Å². The van der Waals surface area contributed by atoms with Crippen LogP contribution in [0.25, 0.3) is 0 Å². The van der Waals surface area contributed by atoms with Crippen LogP contribution in [0.4, 0.5) is 0 Å². The smallest absolute Gasteiger partial charge is 0.283 e. The van der Waals surface area contributed by atoms with Gasteiger partial charge in [0.15, 0.2) is 0 Å². The molecule has 1 aromatic rings. The fourth-order valence-electron chi connectivity index (χ4n) is 2.44. The number of aliphatic hydroxyl groups is 1. The van der Waals surface area contributed by atoms with Crippen LogP contribution >= 0.6 is 0 Å². The number of nitrogens with two attached hydrogens (primary N) is 1. The molecule has 1 aromatic heterocycles. The maximum absolute atomic E-state index is 12.1. The number of allylic oxidation sites excluding steroid dienone is 3. The number of nitrogens with zero attached hydrogens (tertiary/aromatic N) is 2. The Morgan fingerprint density at radius 2 is 1.76 bits per heavy atom. The molecule has 0 unspecified atom stereocenters. The largest absolute Gasteiger partial charge is 0.425 e. The van der Waals surface area contributed by atoms with Crippen molar-refractivity contribution in [3.05, 3.63) is 65.1 Å². The molecule has 0 saturated carbocycles. The number of carbonyl (C=O) groups excluding carboxylic acids is 3. The van der Waals surface area contributed by atoms with Crippen molar-refractivity contribution in [2.24, 2.45) is 5.73 Å². The minimum Gasteiger partial charge on any atom is -0.425 e. The summed E-state index contributed by atoms with van der Waals surface area (Å²) in [6.45, 7) is 8.72. The molecule has 0 aliphatic rings. The Morgan fingerprint density at radius 1 is 1.18 bits per heavy atom. The minimum absolute atomic E-state index is 0. The molecule has 0 saturated heterocycles. The van der Waals surface area contributed by atoms with Crippen LogP contribution in [0, 0.1) is 6.92 Å². The molecule has 0 radical (unpaired) electrons. The van der Waals surface area contributed by atoms with E-state index in [1.807, 2.05) is 18.7 Å². The molecular formula is C21H32FeN5O6-. The van der Waals surface area contributed by atoms with Gasteiger partial charge in [0, 0.05) is 68.2 Å². The third-order valence-corrected chi connectivity index (χ3v) is 4.08. The van der Waals surface area contributed by atoms with Crippen LogP contribution in [0.15, 0.2) is 46.9 Å². The number of nitrogens with one attached hydrogen (secondary N) is 2. The van der Waals surface area contributed by atoms with Gasteiger partial charge in [0.2, 0.25) is 0 Å². The normalized spacial score (nSPS) is 10.9. The number of hydrogen-bond acceptors (Lipinski definition) is 8. The average molecular weight is 506 g/mol. The molecule has 33 heavy (non-hydrogen) atoms.